The summed E-state index contributed by atoms with van der Waals surface area (Å²) in [6.07, 6.45) is 18.9. The maximum Gasteiger partial charge on any atom is 0.704 e. The number of rotatable bonds is 12. The summed E-state index contributed by atoms with van der Waals surface area (Å²) >= 11 is 0. The number of hydrogen-bond donors (Lipinski definition) is 0. The van der Waals surface area contributed by atoms with Gasteiger partial charge < -0.3 is 9.47 Å². The van der Waals surface area contributed by atoms with Gasteiger partial charge in [-0.2, -0.15) is 0 Å². The largest absolute Gasteiger partial charge is 0.704 e. The van der Waals surface area contributed by atoms with Crippen molar-refractivity contribution < 1.29 is 18.6 Å². The summed E-state index contributed by atoms with van der Waals surface area (Å²) in [5, 5.41) is 4.39. The molecule has 280 valence electrons. The normalized spacial score (nSPS) is 20.8. The molecule has 1 saturated heterocycles. The van der Waals surface area contributed by atoms with Crippen molar-refractivity contribution >= 4 is 35.6 Å². The number of ether oxygens (including phenoxy) is 2. The van der Waals surface area contributed by atoms with Crippen molar-refractivity contribution in [3.63, 3.8) is 0 Å². The van der Waals surface area contributed by atoms with Gasteiger partial charge in [-0.1, -0.05) is 95.6 Å². The van der Waals surface area contributed by atoms with Gasteiger partial charge in [0.1, 0.15) is 23.2 Å². The fraction of sp³-hybridized carbons (Fsp3) is 0.360. The van der Waals surface area contributed by atoms with E-state index in [9.17, 15) is 0 Å². The lowest BCUT2D eigenvalue weighted by atomic mass is 9.91. The maximum absolute atomic E-state index is 7.24. The van der Waals surface area contributed by atoms with Crippen LogP contribution < -0.4 is 25.4 Å². The Morgan fingerprint density at radius 2 is 1.02 bits per heavy atom. The third kappa shape index (κ3) is 6.45. The Balaban J connectivity index is 1.00. The van der Waals surface area contributed by atoms with Crippen molar-refractivity contribution in [1.29, 1.82) is 0 Å². The summed E-state index contributed by atoms with van der Waals surface area (Å²) in [4.78, 5) is 0. The zero-order chi connectivity index (χ0) is 37.4. The van der Waals surface area contributed by atoms with Crippen LogP contribution in [0.4, 0.5) is 0 Å². The van der Waals surface area contributed by atoms with Gasteiger partial charge in [0, 0.05) is 12.8 Å². The van der Waals surface area contributed by atoms with Crippen molar-refractivity contribution in [3.8, 4) is 11.5 Å². The molecule has 3 aliphatic heterocycles. The summed E-state index contributed by atoms with van der Waals surface area (Å²) in [6.45, 7) is 6.70. The van der Waals surface area contributed by atoms with Crippen molar-refractivity contribution in [2.24, 2.45) is 0 Å². The van der Waals surface area contributed by atoms with Crippen LogP contribution in [-0.2, 0) is 12.8 Å². The number of hydrogen-bond acceptors (Lipinski definition) is 2. The summed E-state index contributed by atoms with van der Waals surface area (Å²) in [7, 11) is -1.83. The van der Waals surface area contributed by atoms with Crippen molar-refractivity contribution in [2.45, 2.75) is 110 Å². The quantitative estimate of drug-likeness (QED) is 0.0722. The van der Waals surface area contributed by atoms with Crippen LogP contribution in [0.3, 0.4) is 0 Å². The molecule has 3 unspecified atom stereocenters. The summed E-state index contributed by atoms with van der Waals surface area (Å²) in [5.74, 6) is 1.92. The van der Waals surface area contributed by atoms with Crippen LogP contribution in [0.25, 0.3) is 0 Å². The number of fused-ring (bicyclic) bond motifs is 5. The van der Waals surface area contributed by atoms with E-state index >= 15 is 0 Å². The molecule has 2 fully saturated rings. The van der Waals surface area contributed by atoms with Gasteiger partial charge in [-0.25, -0.2) is 0 Å². The lowest BCUT2D eigenvalue weighted by molar-refractivity contribution is -0.866. The van der Waals surface area contributed by atoms with Gasteiger partial charge in [0.05, 0.1) is 17.3 Å². The molecule has 0 amide bonds. The van der Waals surface area contributed by atoms with E-state index < -0.39 is 13.3 Å². The highest BCUT2D eigenvalue weighted by Crippen LogP contribution is 2.56. The second-order valence-electron chi connectivity index (χ2n) is 16.4. The molecule has 1 spiro atoms. The molecular formula is C50H56N2O2P+3. The topological polar surface area (TPSA) is 24.5 Å². The third-order valence-corrected chi connectivity index (χ3v) is 17.2. The molecule has 0 bridgehead atoms. The second-order valence-corrected chi connectivity index (χ2v) is 20.0. The van der Waals surface area contributed by atoms with E-state index in [4.69, 9.17) is 9.47 Å². The molecule has 0 radical (unpaired) electrons. The van der Waals surface area contributed by atoms with Crippen LogP contribution in [0.15, 0.2) is 115 Å². The molecule has 4 nitrogen and oxygen atoms in total. The Kier molecular flexibility index (Phi) is 9.98. The lowest BCUT2D eigenvalue weighted by Gasteiger charge is -2.29. The van der Waals surface area contributed by atoms with E-state index in [-0.39, 0.29) is 0 Å². The van der Waals surface area contributed by atoms with Crippen LogP contribution >= 0.6 is 7.26 Å². The minimum absolute atomic E-state index is 0.354. The molecule has 1 saturated carbocycles. The molecule has 3 atom stereocenters. The molecule has 55 heavy (non-hydrogen) atoms. The molecule has 5 heteroatoms. The smallest absolute Gasteiger partial charge is 0.340 e. The van der Waals surface area contributed by atoms with Gasteiger partial charge in [-0.15, -0.1) is 0 Å². The van der Waals surface area contributed by atoms with Crippen molar-refractivity contribution in [3.05, 3.63) is 149 Å². The third-order valence-electron chi connectivity index (χ3n) is 12.7. The molecule has 0 aromatic heterocycles. The van der Waals surface area contributed by atoms with E-state index in [0.717, 1.165) is 56.2 Å². The van der Waals surface area contributed by atoms with Gasteiger partial charge in [-0.05, 0) is 130 Å². The lowest BCUT2D eigenvalue weighted by Crippen LogP contribution is -2.60. The highest BCUT2D eigenvalue weighted by molar-refractivity contribution is 7.95. The van der Waals surface area contributed by atoms with Gasteiger partial charge >= 0.3 is 6.03 Å². The van der Waals surface area contributed by atoms with E-state index in [2.05, 4.69) is 158 Å². The highest BCUT2D eigenvalue weighted by Gasteiger charge is 2.76. The van der Waals surface area contributed by atoms with Crippen LogP contribution in [0.2, 0.25) is 0 Å². The Labute approximate surface area is 328 Å². The predicted octanol–water partition coefficient (Wildman–Crippen LogP) is 9.64. The first-order valence-electron chi connectivity index (χ1n) is 21.0. The zero-order valence-electron chi connectivity index (χ0n) is 32.9. The SMILES string of the molecule is CCCCCc1cc(C)c2c(c1)C=[N+]1C3CCCCC3[N+]3=Cc4cc(CCCC[P+](c5ccccc5)(c5ccccc5)c5ccccc5)cc(C)c4OC13O2. The van der Waals surface area contributed by atoms with E-state index in [1.807, 2.05) is 0 Å². The van der Waals surface area contributed by atoms with Gasteiger partial charge in [0.2, 0.25) is 12.1 Å². The molecule has 0 N–H and O–H groups in total. The fourth-order valence-corrected chi connectivity index (χ4v) is 14.5. The van der Waals surface area contributed by atoms with Gasteiger partial charge in [-0.3, -0.25) is 0 Å². The molecule has 5 aromatic rings. The van der Waals surface area contributed by atoms with E-state index in [0.29, 0.717) is 12.1 Å². The average molecular weight is 748 g/mol. The number of benzene rings is 5. The molecular weight excluding hydrogens is 692 g/mol. The summed E-state index contributed by atoms with van der Waals surface area (Å²) in [5.41, 5.74) is 7.56. The first kappa shape index (κ1) is 36.1. The number of nitrogens with zero attached hydrogens (tertiary/aromatic N) is 2. The molecule has 5 aromatic carbocycles. The predicted molar refractivity (Wildman–Crippen MR) is 229 cm³/mol. The minimum atomic E-state index is -1.83. The number of unbranched alkanes of at least 4 members (excludes halogenated alkanes) is 3. The molecule has 4 aliphatic rings. The van der Waals surface area contributed by atoms with Crippen LogP contribution in [0, 0.1) is 13.8 Å². The maximum atomic E-state index is 7.24. The Morgan fingerprint density at radius 1 is 0.582 bits per heavy atom. The fourth-order valence-electron chi connectivity index (χ4n) is 10.1. The van der Waals surface area contributed by atoms with E-state index in [1.54, 1.807) is 0 Å². The Morgan fingerprint density at radius 3 is 1.45 bits per heavy atom. The van der Waals surface area contributed by atoms with Crippen LogP contribution in [0.5, 0.6) is 11.5 Å². The summed E-state index contributed by atoms with van der Waals surface area (Å²) < 4.78 is 19.3. The first-order chi connectivity index (χ1) is 27.0. The monoisotopic (exact) mass is 747 g/mol. The van der Waals surface area contributed by atoms with Crippen molar-refractivity contribution in [2.75, 3.05) is 6.16 Å². The number of aryl methyl sites for hydroxylation is 4. The van der Waals surface area contributed by atoms with Gasteiger partial charge in [0.15, 0.2) is 23.9 Å². The Hall–Kier alpha value is -4.53. The average Bonchev–Trinajstić information content (AvgIpc) is 3.49. The van der Waals surface area contributed by atoms with Crippen molar-refractivity contribution in [1.82, 2.24) is 0 Å². The molecule has 9 rings (SSSR count). The second kappa shape index (κ2) is 15.2. The van der Waals surface area contributed by atoms with E-state index in [1.165, 1.54) is 81.4 Å². The Bertz CT molecular complexity index is 2130. The standard InChI is InChI=1S/C50H56N2O2P/c1-4-5-9-20-39-31-37(2)48-41(33-39)35-51-46-28-16-17-29-47(46)52-36-42-34-40(32-38(3)49(42)54-50(51,52)53-48)21-18-19-30-55(43-22-10-6-11-23-43,44-24-12-7-13-25-44)45-26-14-8-15-27-45/h6-8,10-15,22-27,31-36,46-47H,4-5,9,16-21,28-30H2,1-3H3/q+3. The minimum Gasteiger partial charge on any atom is -0.340 e. The first-order valence-corrected chi connectivity index (χ1v) is 22.9. The molecule has 1 aliphatic carbocycles. The van der Waals surface area contributed by atoms with Crippen LogP contribution in [-0.4, -0.2) is 45.9 Å². The zero-order valence-corrected chi connectivity index (χ0v) is 33.8. The van der Waals surface area contributed by atoms with Gasteiger partial charge in [0.25, 0.3) is 0 Å². The molecule has 3 heterocycles. The van der Waals surface area contributed by atoms with Crippen LogP contribution in [0.1, 0.15) is 98.1 Å². The highest BCUT2D eigenvalue weighted by atomic mass is 31.2. The summed E-state index contributed by atoms with van der Waals surface area (Å²) in [6, 6.07) is 43.1.